The van der Waals surface area contributed by atoms with E-state index in [4.69, 9.17) is 4.74 Å². The molecule has 4 nitrogen and oxygen atoms in total. The maximum absolute atomic E-state index is 11.5. The zero-order valence-corrected chi connectivity index (χ0v) is 12.9. The van der Waals surface area contributed by atoms with E-state index >= 15 is 0 Å². The predicted molar refractivity (Wildman–Crippen MR) is 78.6 cm³/mol. The van der Waals surface area contributed by atoms with Crippen LogP contribution >= 0.6 is 12.4 Å². The van der Waals surface area contributed by atoms with Crippen LogP contribution in [0.5, 0.6) is 0 Å². The Morgan fingerprint density at radius 1 is 1.32 bits per heavy atom. The van der Waals surface area contributed by atoms with Crippen LogP contribution in [0.4, 0.5) is 0 Å². The van der Waals surface area contributed by atoms with Crippen molar-refractivity contribution < 1.29 is 9.53 Å². The van der Waals surface area contributed by atoms with Gasteiger partial charge in [0.1, 0.15) is 0 Å². The van der Waals surface area contributed by atoms with Crippen LogP contribution in [0.3, 0.4) is 0 Å². The lowest BCUT2D eigenvalue weighted by atomic mass is 9.97. The number of hydrogen-bond donors (Lipinski definition) is 1. The summed E-state index contributed by atoms with van der Waals surface area (Å²) in [5, 5.41) is 3.41. The minimum atomic E-state index is -0.0778. The molecule has 1 N–H and O–H groups in total. The summed E-state index contributed by atoms with van der Waals surface area (Å²) in [7, 11) is 1.48. The SMILES string of the molecule is COC(=O)C(C)CN(CC1CCNCC1)C1CC1.Cl. The third-order valence-electron chi connectivity index (χ3n) is 4.13. The smallest absolute Gasteiger partial charge is 0.309 e. The van der Waals surface area contributed by atoms with Crippen molar-refractivity contribution in [2.45, 2.75) is 38.6 Å². The topological polar surface area (TPSA) is 41.6 Å². The molecule has 0 aromatic rings. The van der Waals surface area contributed by atoms with Crippen LogP contribution in [0.25, 0.3) is 0 Å². The minimum Gasteiger partial charge on any atom is -0.469 e. The first-order chi connectivity index (χ1) is 8.70. The Bertz CT molecular complexity index is 279. The van der Waals surface area contributed by atoms with Gasteiger partial charge in [-0.2, -0.15) is 0 Å². The Labute approximate surface area is 122 Å². The van der Waals surface area contributed by atoms with E-state index in [1.165, 1.54) is 32.8 Å². The molecule has 0 bridgehead atoms. The molecule has 0 amide bonds. The van der Waals surface area contributed by atoms with Gasteiger partial charge in [0.2, 0.25) is 0 Å². The van der Waals surface area contributed by atoms with Crippen LogP contribution in [0.1, 0.15) is 32.6 Å². The molecule has 1 aliphatic heterocycles. The molecule has 1 atom stereocenters. The van der Waals surface area contributed by atoms with Gasteiger partial charge in [0.15, 0.2) is 0 Å². The van der Waals surface area contributed by atoms with Gasteiger partial charge in [-0.25, -0.2) is 0 Å². The molecule has 1 unspecified atom stereocenters. The van der Waals surface area contributed by atoms with E-state index in [1.807, 2.05) is 6.92 Å². The molecule has 0 aromatic heterocycles. The predicted octanol–water partition coefficient (Wildman–Crippen LogP) is 1.68. The van der Waals surface area contributed by atoms with Gasteiger partial charge in [0.25, 0.3) is 0 Å². The van der Waals surface area contributed by atoms with Crippen molar-refractivity contribution in [1.82, 2.24) is 10.2 Å². The van der Waals surface area contributed by atoms with Crippen molar-refractivity contribution in [1.29, 1.82) is 0 Å². The monoisotopic (exact) mass is 290 g/mol. The second-order valence-corrected chi connectivity index (χ2v) is 5.80. The molecule has 1 heterocycles. The summed E-state index contributed by atoms with van der Waals surface area (Å²) in [6.45, 7) is 6.30. The van der Waals surface area contributed by atoms with E-state index in [2.05, 4.69) is 10.2 Å². The van der Waals surface area contributed by atoms with E-state index in [-0.39, 0.29) is 24.3 Å². The molecule has 1 saturated carbocycles. The first kappa shape index (κ1) is 16.7. The van der Waals surface area contributed by atoms with Gasteiger partial charge in [-0.05, 0) is 44.7 Å². The molecule has 5 heteroatoms. The molecular formula is C14H27ClN2O2. The number of nitrogens with one attached hydrogen (secondary N) is 1. The van der Waals surface area contributed by atoms with Crippen molar-refractivity contribution in [3.05, 3.63) is 0 Å². The molecule has 2 rings (SSSR count). The third kappa shape index (κ3) is 5.28. The fourth-order valence-electron chi connectivity index (χ4n) is 2.84. The van der Waals surface area contributed by atoms with Gasteiger partial charge in [0, 0.05) is 19.1 Å². The van der Waals surface area contributed by atoms with Crippen LogP contribution in [0, 0.1) is 11.8 Å². The largest absolute Gasteiger partial charge is 0.469 e. The summed E-state index contributed by atoms with van der Waals surface area (Å²) >= 11 is 0. The van der Waals surface area contributed by atoms with Crippen LogP contribution in [0.2, 0.25) is 0 Å². The Hall–Kier alpha value is -0.320. The van der Waals surface area contributed by atoms with Crippen molar-refractivity contribution >= 4 is 18.4 Å². The molecular weight excluding hydrogens is 264 g/mol. The maximum atomic E-state index is 11.5. The number of esters is 1. The Kier molecular flexibility index (Phi) is 7.11. The number of hydrogen-bond acceptors (Lipinski definition) is 4. The van der Waals surface area contributed by atoms with Gasteiger partial charge in [-0.1, -0.05) is 6.92 Å². The summed E-state index contributed by atoms with van der Waals surface area (Å²) in [6, 6.07) is 0.729. The van der Waals surface area contributed by atoms with Crippen LogP contribution in [-0.2, 0) is 9.53 Å². The maximum Gasteiger partial charge on any atom is 0.309 e. The lowest BCUT2D eigenvalue weighted by molar-refractivity contribution is -0.145. The van der Waals surface area contributed by atoms with Gasteiger partial charge in [-0.3, -0.25) is 9.69 Å². The van der Waals surface area contributed by atoms with Crippen LogP contribution in [0.15, 0.2) is 0 Å². The lowest BCUT2D eigenvalue weighted by Gasteiger charge is -2.31. The van der Waals surface area contributed by atoms with Crippen molar-refractivity contribution in [3.8, 4) is 0 Å². The first-order valence-corrected chi connectivity index (χ1v) is 7.23. The molecule has 112 valence electrons. The third-order valence-corrected chi connectivity index (χ3v) is 4.13. The number of ether oxygens (including phenoxy) is 1. The van der Waals surface area contributed by atoms with Gasteiger partial charge < -0.3 is 10.1 Å². The van der Waals surface area contributed by atoms with Crippen LogP contribution < -0.4 is 5.32 Å². The van der Waals surface area contributed by atoms with Gasteiger partial charge >= 0.3 is 5.97 Å². The standard InChI is InChI=1S/C14H26N2O2.ClH/c1-11(14(17)18-2)9-16(13-3-4-13)10-12-5-7-15-8-6-12;/h11-13,15H,3-10H2,1-2H3;1H. The van der Waals surface area contributed by atoms with E-state index in [1.54, 1.807) is 0 Å². The van der Waals surface area contributed by atoms with Crippen molar-refractivity contribution in [3.63, 3.8) is 0 Å². The highest BCUT2D eigenvalue weighted by Crippen LogP contribution is 2.29. The summed E-state index contributed by atoms with van der Waals surface area (Å²) < 4.78 is 4.83. The minimum absolute atomic E-state index is 0. The second-order valence-electron chi connectivity index (χ2n) is 5.80. The number of piperidine rings is 1. The number of methoxy groups -OCH3 is 1. The summed E-state index contributed by atoms with van der Waals surface area (Å²) in [5.41, 5.74) is 0. The first-order valence-electron chi connectivity index (χ1n) is 7.23. The Balaban J connectivity index is 0.00000180. The lowest BCUT2D eigenvalue weighted by Crippen LogP contribution is -2.40. The van der Waals surface area contributed by atoms with Gasteiger partial charge in [0.05, 0.1) is 13.0 Å². The molecule has 2 fully saturated rings. The fraction of sp³-hybridized carbons (Fsp3) is 0.929. The van der Waals surface area contributed by atoms with Gasteiger partial charge in [-0.15, -0.1) is 12.4 Å². The Morgan fingerprint density at radius 2 is 1.95 bits per heavy atom. The average Bonchev–Trinajstić information content (AvgIpc) is 3.22. The van der Waals surface area contributed by atoms with E-state index < -0.39 is 0 Å². The summed E-state index contributed by atoms with van der Waals surface area (Å²) in [5.74, 6) is 0.722. The average molecular weight is 291 g/mol. The van der Waals surface area contributed by atoms with E-state index in [0.717, 1.165) is 38.1 Å². The second kappa shape index (κ2) is 8.08. The molecule has 0 aromatic carbocycles. The van der Waals surface area contributed by atoms with E-state index in [0.29, 0.717) is 0 Å². The quantitative estimate of drug-likeness (QED) is 0.756. The molecule has 1 saturated heterocycles. The highest BCUT2D eigenvalue weighted by atomic mass is 35.5. The van der Waals surface area contributed by atoms with Crippen molar-refractivity contribution in [2.75, 3.05) is 33.3 Å². The normalized spacial score (nSPS) is 21.8. The van der Waals surface area contributed by atoms with E-state index in [9.17, 15) is 4.79 Å². The molecule has 0 radical (unpaired) electrons. The number of halogens is 1. The zero-order valence-electron chi connectivity index (χ0n) is 12.1. The molecule has 0 spiro atoms. The highest BCUT2D eigenvalue weighted by Gasteiger charge is 2.32. The van der Waals surface area contributed by atoms with Crippen molar-refractivity contribution in [2.24, 2.45) is 11.8 Å². The number of rotatable bonds is 6. The van der Waals surface area contributed by atoms with Crippen LogP contribution in [-0.4, -0.2) is 50.2 Å². The summed E-state index contributed by atoms with van der Waals surface area (Å²) in [4.78, 5) is 14.0. The molecule has 2 aliphatic rings. The molecule has 1 aliphatic carbocycles. The zero-order chi connectivity index (χ0) is 13.0. The number of carbonyl (C=O) groups is 1. The summed E-state index contributed by atoms with van der Waals surface area (Å²) in [6.07, 6.45) is 5.16. The molecule has 19 heavy (non-hydrogen) atoms. The fourth-order valence-corrected chi connectivity index (χ4v) is 2.84. The number of carbonyl (C=O) groups excluding carboxylic acids is 1. The number of nitrogens with zero attached hydrogens (tertiary/aromatic N) is 1. The highest BCUT2D eigenvalue weighted by molar-refractivity contribution is 5.85. The Morgan fingerprint density at radius 3 is 2.47 bits per heavy atom.